The average molecular weight is 395 g/mol. The van der Waals surface area contributed by atoms with Gasteiger partial charge in [0.15, 0.2) is 0 Å². The van der Waals surface area contributed by atoms with Crippen LogP contribution in [0.2, 0.25) is 5.02 Å². The number of phenolic OH excluding ortho intramolecular Hbond substituents is 1. The van der Waals surface area contributed by atoms with E-state index in [0.29, 0.717) is 12.1 Å². The summed E-state index contributed by atoms with van der Waals surface area (Å²) in [7, 11) is 1.09. The normalized spacial score (nSPS) is 14.8. The number of aliphatic hydroxyl groups excluding tert-OH is 1. The van der Waals surface area contributed by atoms with Crippen LogP contribution in [0.15, 0.2) is 23.4 Å². The zero-order valence-electron chi connectivity index (χ0n) is 13.4. The van der Waals surface area contributed by atoms with E-state index in [0.717, 1.165) is 12.0 Å². The zero-order chi connectivity index (χ0) is 19.6. The number of nitrogens with zero attached hydrogens (tertiary/aromatic N) is 1. The lowest BCUT2D eigenvalue weighted by Crippen LogP contribution is -2.31. The SMILES string of the molecule is COC(=O)C1=C(Nc2c(O)cc(C(F)(F)F)cc2Cl)C(=O)N(CCO)C1. The number of amides is 1. The molecule has 0 aliphatic carbocycles. The molecule has 1 aliphatic rings. The van der Waals surface area contributed by atoms with Crippen molar-refractivity contribution in [2.45, 2.75) is 6.18 Å². The highest BCUT2D eigenvalue weighted by atomic mass is 35.5. The van der Waals surface area contributed by atoms with E-state index < -0.39 is 34.4 Å². The van der Waals surface area contributed by atoms with E-state index in [1.165, 1.54) is 0 Å². The van der Waals surface area contributed by atoms with Crippen molar-refractivity contribution in [3.8, 4) is 5.75 Å². The molecular weight excluding hydrogens is 381 g/mol. The minimum atomic E-state index is -4.73. The molecule has 7 nitrogen and oxygen atoms in total. The first-order valence-electron chi connectivity index (χ1n) is 7.18. The van der Waals surface area contributed by atoms with E-state index in [-0.39, 0.29) is 36.7 Å². The lowest BCUT2D eigenvalue weighted by molar-refractivity contribution is -0.138. The van der Waals surface area contributed by atoms with Crippen molar-refractivity contribution < 1.29 is 37.7 Å². The number of alkyl halides is 3. The molecule has 11 heteroatoms. The van der Waals surface area contributed by atoms with Gasteiger partial charge in [-0.25, -0.2) is 4.79 Å². The monoisotopic (exact) mass is 394 g/mol. The van der Waals surface area contributed by atoms with Crippen LogP contribution >= 0.6 is 11.6 Å². The molecule has 1 amide bonds. The number of carbonyl (C=O) groups excluding carboxylic acids is 2. The van der Waals surface area contributed by atoms with Gasteiger partial charge in [0, 0.05) is 6.54 Å². The fourth-order valence-electron chi connectivity index (χ4n) is 2.35. The van der Waals surface area contributed by atoms with Crippen LogP contribution in [0.4, 0.5) is 18.9 Å². The summed E-state index contributed by atoms with van der Waals surface area (Å²) in [6.07, 6.45) is -4.73. The van der Waals surface area contributed by atoms with E-state index in [1.807, 2.05) is 0 Å². The second kappa shape index (κ2) is 7.42. The molecule has 2 rings (SSSR count). The molecule has 1 aliphatic heterocycles. The molecule has 0 spiro atoms. The van der Waals surface area contributed by atoms with Crippen LogP contribution < -0.4 is 5.32 Å². The van der Waals surface area contributed by atoms with E-state index in [2.05, 4.69) is 10.1 Å². The molecule has 1 aromatic carbocycles. The van der Waals surface area contributed by atoms with Crippen molar-refractivity contribution in [1.29, 1.82) is 0 Å². The summed E-state index contributed by atoms with van der Waals surface area (Å²) in [6.45, 7) is -0.607. The third-order valence-electron chi connectivity index (χ3n) is 3.60. The van der Waals surface area contributed by atoms with Gasteiger partial charge in [0.2, 0.25) is 0 Å². The van der Waals surface area contributed by atoms with Crippen LogP contribution in [-0.2, 0) is 20.5 Å². The fraction of sp³-hybridized carbons (Fsp3) is 0.333. The second-order valence-corrected chi connectivity index (χ2v) is 5.68. The molecule has 26 heavy (non-hydrogen) atoms. The van der Waals surface area contributed by atoms with Crippen LogP contribution in [0.1, 0.15) is 5.56 Å². The number of esters is 1. The number of anilines is 1. The van der Waals surface area contributed by atoms with Crippen molar-refractivity contribution in [3.63, 3.8) is 0 Å². The summed E-state index contributed by atoms with van der Waals surface area (Å²) in [5.74, 6) is -2.39. The summed E-state index contributed by atoms with van der Waals surface area (Å²) < 4.78 is 42.8. The van der Waals surface area contributed by atoms with Gasteiger partial charge in [-0.15, -0.1) is 0 Å². The largest absolute Gasteiger partial charge is 0.506 e. The minimum Gasteiger partial charge on any atom is -0.506 e. The van der Waals surface area contributed by atoms with Crippen molar-refractivity contribution >= 4 is 29.2 Å². The number of hydrogen-bond acceptors (Lipinski definition) is 6. The molecule has 0 saturated carbocycles. The summed E-state index contributed by atoms with van der Waals surface area (Å²) in [5, 5.41) is 20.8. The van der Waals surface area contributed by atoms with Gasteiger partial charge in [0.25, 0.3) is 5.91 Å². The topological polar surface area (TPSA) is 99.1 Å². The molecule has 0 unspecified atom stereocenters. The highest BCUT2D eigenvalue weighted by molar-refractivity contribution is 6.34. The Bertz CT molecular complexity index is 756. The van der Waals surface area contributed by atoms with Crippen molar-refractivity contribution in [2.24, 2.45) is 0 Å². The standard InChI is InChI=1S/C15H14ClF3N2O5/c1-26-14(25)8-6-21(2-3-22)13(24)11(8)20-12-9(16)4-7(5-10(12)23)15(17,18)19/h4-5,20,22-23H,2-3,6H2,1H3. The molecule has 1 aromatic rings. The van der Waals surface area contributed by atoms with Gasteiger partial charge in [0.05, 0.1) is 42.1 Å². The Morgan fingerprint density at radius 3 is 2.58 bits per heavy atom. The molecular formula is C15H14ClF3N2O5. The molecule has 0 saturated heterocycles. The predicted octanol–water partition coefficient (Wildman–Crippen LogP) is 1.74. The Morgan fingerprint density at radius 1 is 1.42 bits per heavy atom. The smallest absolute Gasteiger partial charge is 0.416 e. The molecule has 1 heterocycles. The van der Waals surface area contributed by atoms with Crippen molar-refractivity contribution in [3.05, 3.63) is 34.0 Å². The maximum atomic E-state index is 12.8. The van der Waals surface area contributed by atoms with Crippen molar-refractivity contribution in [1.82, 2.24) is 4.90 Å². The Labute approximate surface area is 150 Å². The van der Waals surface area contributed by atoms with Gasteiger partial charge in [0.1, 0.15) is 11.4 Å². The van der Waals surface area contributed by atoms with Crippen LogP contribution in [0.25, 0.3) is 0 Å². The Morgan fingerprint density at radius 2 is 2.08 bits per heavy atom. The van der Waals surface area contributed by atoms with E-state index in [4.69, 9.17) is 16.7 Å². The Kier molecular flexibility index (Phi) is 5.67. The average Bonchev–Trinajstić information content (AvgIpc) is 2.86. The molecule has 0 aromatic heterocycles. The van der Waals surface area contributed by atoms with Crippen LogP contribution in [0.3, 0.4) is 0 Å². The van der Waals surface area contributed by atoms with Crippen LogP contribution in [0, 0.1) is 0 Å². The van der Waals surface area contributed by atoms with Gasteiger partial charge >= 0.3 is 12.1 Å². The quantitative estimate of drug-likeness (QED) is 0.520. The number of benzene rings is 1. The Balaban J connectivity index is 2.44. The number of methoxy groups -OCH3 is 1. The third-order valence-corrected chi connectivity index (χ3v) is 3.90. The van der Waals surface area contributed by atoms with Gasteiger partial charge in [-0.1, -0.05) is 11.6 Å². The maximum Gasteiger partial charge on any atom is 0.416 e. The summed E-state index contributed by atoms with van der Waals surface area (Å²) >= 11 is 5.80. The number of β-amino-alcohol motifs (C(OH)–C–C–N with tert-alkyl or cyclic N) is 1. The van der Waals surface area contributed by atoms with E-state index in [9.17, 15) is 27.9 Å². The highest BCUT2D eigenvalue weighted by Crippen LogP contribution is 2.40. The first kappa shape index (κ1) is 19.9. The van der Waals surface area contributed by atoms with Gasteiger partial charge < -0.3 is 25.2 Å². The number of rotatable bonds is 5. The molecule has 0 fully saturated rings. The molecule has 0 bridgehead atoms. The van der Waals surface area contributed by atoms with Crippen molar-refractivity contribution in [2.75, 3.05) is 32.1 Å². The first-order valence-corrected chi connectivity index (χ1v) is 7.56. The number of nitrogens with one attached hydrogen (secondary N) is 1. The summed E-state index contributed by atoms with van der Waals surface area (Å²) in [5.41, 5.74) is -1.95. The number of halogens is 4. The van der Waals surface area contributed by atoms with Crippen LogP contribution in [-0.4, -0.2) is 53.8 Å². The lowest BCUT2D eigenvalue weighted by Gasteiger charge is -2.16. The molecule has 142 valence electrons. The van der Waals surface area contributed by atoms with Gasteiger partial charge in [-0.05, 0) is 12.1 Å². The number of phenols is 1. The summed E-state index contributed by atoms with van der Waals surface area (Å²) in [6, 6.07) is 1.02. The summed E-state index contributed by atoms with van der Waals surface area (Å²) in [4.78, 5) is 25.3. The van der Waals surface area contributed by atoms with Crippen LogP contribution in [0.5, 0.6) is 5.75 Å². The molecule has 0 radical (unpaired) electrons. The number of carbonyl (C=O) groups is 2. The number of ether oxygens (including phenoxy) is 1. The zero-order valence-corrected chi connectivity index (χ0v) is 14.1. The predicted molar refractivity (Wildman–Crippen MR) is 84.4 cm³/mol. The van der Waals surface area contributed by atoms with Gasteiger partial charge in [-0.2, -0.15) is 13.2 Å². The van der Waals surface area contributed by atoms with E-state index >= 15 is 0 Å². The molecule has 0 atom stereocenters. The number of hydrogen-bond donors (Lipinski definition) is 3. The number of aliphatic hydroxyl groups is 1. The minimum absolute atomic E-state index is 0.0722. The third kappa shape index (κ3) is 3.86. The Hall–Kier alpha value is -2.46. The second-order valence-electron chi connectivity index (χ2n) is 5.27. The maximum absolute atomic E-state index is 12.8. The van der Waals surface area contributed by atoms with E-state index in [1.54, 1.807) is 0 Å². The molecule has 3 N–H and O–H groups in total. The lowest BCUT2D eigenvalue weighted by atomic mass is 10.1. The van der Waals surface area contributed by atoms with Gasteiger partial charge in [-0.3, -0.25) is 4.79 Å². The number of aromatic hydroxyl groups is 1. The highest BCUT2D eigenvalue weighted by Gasteiger charge is 2.36. The first-order chi connectivity index (χ1) is 12.1. The fourth-order valence-corrected chi connectivity index (χ4v) is 2.62.